The molecule has 0 radical (unpaired) electrons. The van der Waals surface area contributed by atoms with Crippen LogP contribution in [-0.4, -0.2) is 30.3 Å². The summed E-state index contributed by atoms with van der Waals surface area (Å²) in [6, 6.07) is 0.115. The maximum Gasteiger partial charge on any atom is 0.254 e. The first-order valence-electron chi connectivity index (χ1n) is 4.80. The topological polar surface area (TPSA) is 50.3 Å². The maximum atomic E-state index is 12.2. The normalized spacial score (nSPS) is 16.6. The minimum atomic E-state index is -3.45. The van der Waals surface area contributed by atoms with Gasteiger partial charge in [0.2, 0.25) is 0 Å². The predicted molar refractivity (Wildman–Crippen MR) is 64.2 cm³/mol. The predicted octanol–water partition coefficient (Wildman–Crippen LogP) is 2.14. The van der Waals surface area contributed by atoms with E-state index in [2.05, 4.69) is 11.6 Å². The second-order valence-electron chi connectivity index (χ2n) is 3.53. The summed E-state index contributed by atoms with van der Waals surface area (Å²) in [4.78, 5) is 3.76. The third-order valence-corrected chi connectivity index (χ3v) is 5.75. The molecule has 4 nitrogen and oxygen atoms in total. The molecule has 1 fully saturated rings. The fourth-order valence-corrected chi connectivity index (χ4v) is 4.49. The van der Waals surface area contributed by atoms with Crippen LogP contribution in [0.4, 0.5) is 0 Å². The lowest BCUT2D eigenvalue weighted by Gasteiger charge is -2.18. The summed E-state index contributed by atoms with van der Waals surface area (Å²) in [7, 11) is -3.45. The van der Waals surface area contributed by atoms with Crippen molar-refractivity contribution in [2.45, 2.75) is 23.1 Å². The molecule has 0 bridgehead atoms. The lowest BCUT2D eigenvalue weighted by molar-refractivity contribution is 0.437. The molecule has 88 valence electrons. The second kappa shape index (κ2) is 4.44. The molecule has 1 heterocycles. The molecule has 1 aromatic rings. The lowest BCUT2D eigenvalue weighted by Crippen LogP contribution is -2.32. The molecule has 0 unspecified atom stereocenters. The van der Waals surface area contributed by atoms with E-state index in [-0.39, 0.29) is 14.7 Å². The first-order chi connectivity index (χ1) is 7.55. The molecule has 1 saturated carbocycles. The molecule has 1 aromatic heterocycles. The van der Waals surface area contributed by atoms with E-state index < -0.39 is 10.0 Å². The number of thiazole rings is 1. The van der Waals surface area contributed by atoms with Gasteiger partial charge in [-0.15, -0.1) is 6.58 Å². The van der Waals surface area contributed by atoms with Crippen LogP contribution in [0.2, 0.25) is 4.47 Å². The van der Waals surface area contributed by atoms with Gasteiger partial charge in [0, 0.05) is 12.6 Å². The Morgan fingerprint density at radius 2 is 2.38 bits per heavy atom. The SMILES string of the molecule is C=CCN(C1CC1)S(=O)(=O)c1cnc(Cl)s1. The highest BCUT2D eigenvalue weighted by molar-refractivity contribution is 7.91. The smallest absolute Gasteiger partial charge is 0.232 e. The highest BCUT2D eigenvalue weighted by Crippen LogP contribution is 2.34. The lowest BCUT2D eigenvalue weighted by atomic mass is 10.6. The van der Waals surface area contributed by atoms with Crippen LogP contribution in [-0.2, 0) is 10.0 Å². The van der Waals surface area contributed by atoms with E-state index in [1.165, 1.54) is 10.5 Å². The highest BCUT2D eigenvalue weighted by Gasteiger charge is 2.38. The first-order valence-corrected chi connectivity index (χ1v) is 7.43. The van der Waals surface area contributed by atoms with Crippen LogP contribution in [0.25, 0.3) is 0 Å². The van der Waals surface area contributed by atoms with Crippen molar-refractivity contribution in [2.24, 2.45) is 0 Å². The molecule has 1 aliphatic rings. The summed E-state index contributed by atoms with van der Waals surface area (Å²) in [6.45, 7) is 3.91. The van der Waals surface area contributed by atoms with E-state index in [0.717, 1.165) is 24.2 Å². The number of aromatic nitrogens is 1. The van der Waals surface area contributed by atoms with Crippen molar-refractivity contribution in [1.82, 2.24) is 9.29 Å². The van der Waals surface area contributed by atoms with Crippen molar-refractivity contribution in [2.75, 3.05) is 6.54 Å². The van der Waals surface area contributed by atoms with Crippen molar-refractivity contribution in [3.05, 3.63) is 23.3 Å². The maximum absolute atomic E-state index is 12.2. The number of nitrogens with zero attached hydrogens (tertiary/aromatic N) is 2. The van der Waals surface area contributed by atoms with Crippen molar-refractivity contribution in [3.63, 3.8) is 0 Å². The Balaban J connectivity index is 2.32. The minimum Gasteiger partial charge on any atom is -0.232 e. The van der Waals surface area contributed by atoms with E-state index in [9.17, 15) is 8.42 Å². The van der Waals surface area contributed by atoms with Crippen molar-refractivity contribution in [1.29, 1.82) is 0 Å². The molecule has 0 atom stereocenters. The zero-order chi connectivity index (χ0) is 11.8. The number of hydrogen-bond acceptors (Lipinski definition) is 4. The Hall–Kier alpha value is -0.430. The van der Waals surface area contributed by atoms with Gasteiger partial charge in [-0.3, -0.25) is 0 Å². The second-order valence-corrected chi connectivity index (χ2v) is 7.26. The Kier molecular flexibility index (Phi) is 3.34. The summed E-state index contributed by atoms with van der Waals surface area (Å²) >= 11 is 6.63. The van der Waals surface area contributed by atoms with E-state index >= 15 is 0 Å². The molecule has 0 saturated heterocycles. The Labute approximate surface area is 104 Å². The van der Waals surface area contributed by atoms with Gasteiger partial charge in [-0.1, -0.05) is 29.0 Å². The summed E-state index contributed by atoms with van der Waals surface area (Å²) < 4.78 is 26.3. The van der Waals surface area contributed by atoms with Gasteiger partial charge in [-0.05, 0) is 12.8 Å². The largest absolute Gasteiger partial charge is 0.254 e. The monoisotopic (exact) mass is 278 g/mol. The zero-order valence-corrected chi connectivity index (χ0v) is 10.9. The van der Waals surface area contributed by atoms with Crippen LogP contribution in [0, 0.1) is 0 Å². The average Bonchev–Trinajstić information content (AvgIpc) is 2.96. The fraction of sp³-hybridized carbons (Fsp3) is 0.444. The molecule has 2 rings (SSSR count). The number of rotatable bonds is 5. The average molecular weight is 279 g/mol. The van der Waals surface area contributed by atoms with Gasteiger partial charge in [-0.25, -0.2) is 13.4 Å². The van der Waals surface area contributed by atoms with Gasteiger partial charge in [0.25, 0.3) is 10.0 Å². The summed E-state index contributed by atoms with van der Waals surface area (Å²) in [5, 5.41) is 0. The van der Waals surface area contributed by atoms with Crippen LogP contribution in [0.5, 0.6) is 0 Å². The van der Waals surface area contributed by atoms with Crippen molar-refractivity contribution < 1.29 is 8.42 Å². The van der Waals surface area contributed by atoms with Gasteiger partial charge in [0.05, 0.1) is 6.20 Å². The molecule has 0 aromatic carbocycles. The van der Waals surface area contributed by atoms with E-state index in [1.807, 2.05) is 0 Å². The standard InChI is InChI=1S/C9H11ClN2O2S2/c1-2-5-12(7-3-4-7)16(13,14)8-6-11-9(10)15-8/h2,6-7H,1,3-5H2. The molecule has 1 aliphatic carbocycles. The molecule has 7 heteroatoms. The molecule has 0 aliphatic heterocycles. The van der Waals surface area contributed by atoms with Crippen LogP contribution in [0.1, 0.15) is 12.8 Å². The quantitative estimate of drug-likeness (QED) is 0.776. The molecular formula is C9H11ClN2O2S2. The van der Waals surface area contributed by atoms with Crippen molar-refractivity contribution >= 4 is 33.0 Å². The molecule has 0 N–H and O–H groups in total. The molecular weight excluding hydrogens is 268 g/mol. The number of hydrogen-bond donors (Lipinski definition) is 0. The Bertz CT molecular complexity index is 493. The Morgan fingerprint density at radius 3 is 2.81 bits per heavy atom. The van der Waals surface area contributed by atoms with Gasteiger partial charge < -0.3 is 0 Å². The third-order valence-electron chi connectivity index (χ3n) is 2.28. The van der Waals surface area contributed by atoms with Gasteiger partial charge in [-0.2, -0.15) is 4.31 Å². The highest BCUT2D eigenvalue weighted by atomic mass is 35.5. The number of halogens is 1. The fourth-order valence-electron chi connectivity index (χ4n) is 1.41. The summed E-state index contributed by atoms with van der Waals surface area (Å²) in [5.41, 5.74) is 0. The van der Waals surface area contributed by atoms with E-state index in [1.54, 1.807) is 6.08 Å². The van der Waals surface area contributed by atoms with Crippen LogP contribution >= 0.6 is 22.9 Å². The summed E-state index contributed by atoms with van der Waals surface area (Å²) in [5.74, 6) is 0. The van der Waals surface area contributed by atoms with Crippen LogP contribution in [0.3, 0.4) is 0 Å². The first kappa shape index (κ1) is 12.0. The molecule has 0 amide bonds. The van der Waals surface area contributed by atoms with Crippen LogP contribution in [0.15, 0.2) is 23.1 Å². The van der Waals surface area contributed by atoms with E-state index in [0.29, 0.717) is 6.54 Å². The van der Waals surface area contributed by atoms with Gasteiger partial charge in [0.15, 0.2) is 8.68 Å². The zero-order valence-electron chi connectivity index (χ0n) is 8.47. The summed E-state index contributed by atoms with van der Waals surface area (Å²) in [6.07, 6.45) is 4.73. The van der Waals surface area contributed by atoms with Gasteiger partial charge >= 0.3 is 0 Å². The van der Waals surface area contributed by atoms with Crippen LogP contribution < -0.4 is 0 Å². The molecule has 0 spiro atoms. The minimum absolute atomic E-state index is 0.115. The van der Waals surface area contributed by atoms with E-state index in [4.69, 9.17) is 11.6 Å². The Morgan fingerprint density at radius 1 is 1.69 bits per heavy atom. The third kappa shape index (κ3) is 2.29. The van der Waals surface area contributed by atoms with Crippen molar-refractivity contribution in [3.8, 4) is 0 Å². The molecule has 16 heavy (non-hydrogen) atoms. The van der Waals surface area contributed by atoms with Gasteiger partial charge in [0.1, 0.15) is 0 Å². The number of sulfonamides is 1.